The summed E-state index contributed by atoms with van der Waals surface area (Å²) in [4.78, 5) is 36.5. The van der Waals surface area contributed by atoms with Crippen LogP contribution in [-0.2, 0) is 16.1 Å². The van der Waals surface area contributed by atoms with E-state index in [1.807, 2.05) is 18.2 Å². The molecule has 29 heavy (non-hydrogen) atoms. The fraction of sp³-hybridized carbons (Fsp3) is 0.333. The quantitative estimate of drug-likeness (QED) is 0.444. The summed E-state index contributed by atoms with van der Waals surface area (Å²) in [5.41, 5.74) is 1.55. The van der Waals surface area contributed by atoms with Crippen molar-refractivity contribution in [2.75, 3.05) is 25.0 Å². The normalized spacial score (nSPS) is 14.9. The minimum atomic E-state index is -0.777. The fourth-order valence-corrected chi connectivity index (χ4v) is 3.36. The average Bonchev–Trinajstić information content (AvgIpc) is 2.74. The smallest absolute Gasteiger partial charge is 0.313 e. The lowest BCUT2D eigenvalue weighted by Gasteiger charge is -2.32. The molecule has 0 spiro atoms. The zero-order chi connectivity index (χ0) is 20.6. The Morgan fingerprint density at radius 1 is 1.00 bits per heavy atom. The van der Waals surface area contributed by atoms with Crippen LogP contribution in [0.2, 0.25) is 0 Å². The Labute approximate surface area is 169 Å². The number of benzene rings is 2. The van der Waals surface area contributed by atoms with E-state index in [1.54, 1.807) is 0 Å². The van der Waals surface area contributed by atoms with Gasteiger partial charge in [0, 0.05) is 30.9 Å². The molecule has 0 saturated carbocycles. The number of nitro groups is 1. The van der Waals surface area contributed by atoms with E-state index in [-0.39, 0.29) is 5.69 Å². The topological polar surface area (TPSA) is 105 Å². The van der Waals surface area contributed by atoms with Gasteiger partial charge in [0.15, 0.2) is 0 Å². The van der Waals surface area contributed by atoms with E-state index in [0.29, 0.717) is 18.2 Å². The molecule has 2 amide bonds. The Morgan fingerprint density at radius 2 is 1.66 bits per heavy atom. The predicted molar refractivity (Wildman–Crippen MR) is 109 cm³/mol. The van der Waals surface area contributed by atoms with E-state index >= 15 is 0 Å². The van der Waals surface area contributed by atoms with E-state index in [4.69, 9.17) is 0 Å². The van der Waals surface area contributed by atoms with Crippen molar-refractivity contribution >= 4 is 23.2 Å². The summed E-state index contributed by atoms with van der Waals surface area (Å²) >= 11 is 0. The van der Waals surface area contributed by atoms with Crippen LogP contribution in [0.5, 0.6) is 0 Å². The molecule has 1 fully saturated rings. The minimum Gasteiger partial charge on any atom is -0.348 e. The summed E-state index contributed by atoms with van der Waals surface area (Å²) in [7, 11) is 0. The van der Waals surface area contributed by atoms with Gasteiger partial charge in [-0.05, 0) is 49.5 Å². The van der Waals surface area contributed by atoms with Crippen LogP contribution in [0, 0.1) is 16.0 Å². The summed E-state index contributed by atoms with van der Waals surface area (Å²) in [6, 6.07) is 15.7. The second kappa shape index (κ2) is 9.79. The molecule has 8 nitrogen and oxygen atoms in total. The number of nitro benzene ring substituents is 1. The highest BCUT2D eigenvalue weighted by molar-refractivity contribution is 6.39. The van der Waals surface area contributed by atoms with Gasteiger partial charge in [-0.25, -0.2) is 0 Å². The molecule has 1 heterocycles. The number of likely N-dealkylation sites (tertiary alicyclic amines) is 1. The first-order chi connectivity index (χ1) is 14.0. The lowest BCUT2D eigenvalue weighted by atomic mass is 9.96. The van der Waals surface area contributed by atoms with Gasteiger partial charge >= 0.3 is 11.8 Å². The zero-order valence-electron chi connectivity index (χ0n) is 16.0. The van der Waals surface area contributed by atoms with Crippen LogP contribution in [0.25, 0.3) is 0 Å². The molecule has 0 unspecified atom stereocenters. The molecule has 2 aromatic carbocycles. The van der Waals surface area contributed by atoms with Crippen molar-refractivity contribution in [2.45, 2.75) is 19.4 Å². The third kappa shape index (κ3) is 6.11. The Kier molecular flexibility index (Phi) is 6.91. The monoisotopic (exact) mass is 396 g/mol. The van der Waals surface area contributed by atoms with Crippen LogP contribution in [0.3, 0.4) is 0 Å². The van der Waals surface area contributed by atoms with Gasteiger partial charge in [-0.15, -0.1) is 0 Å². The summed E-state index contributed by atoms with van der Waals surface area (Å²) < 4.78 is 0. The summed E-state index contributed by atoms with van der Waals surface area (Å²) in [5.74, 6) is -1.13. The number of rotatable bonds is 6. The van der Waals surface area contributed by atoms with Crippen molar-refractivity contribution < 1.29 is 14.5 Å². The first kappa shape index (κ1) is 20.5. The van der Waals surface area contributed by atoms with Gasteiger partial charge in [0.2, 0.25) is 0 Å². The number of piperidine rings is 1. The van der Waals surface area contributed by atoms with Crippen molar-refractivity contribution in [3.05, 3.63) is 70.3 Å². The fourth-order valence-electron chi connectivity index (χ4n) is 3.36. The van der Waals surface area contributed by atoms with Crippen molar-refractivity contribution in [3.8, 4) is 0 Å². The highest BCUT2D eigenvalue weighted by Crippen LogP contribution is 2.18. The van der Waals surface area contributed by atoms with Gasteiger partial charge in [-0.1, -0.05) is 30.3 Å². The maximum Gasteiger partial charge on any atom is 0.313 e. The van der Waals surface area contributed by atoms with E-state index in [0.717, 1.165) is 32.5 Å². The van der Waals surface area contributed by atoms with Crippen molar-refractivity contribution in [1.29, 1.82) is 0 Å². The minimum absolute atomic E-state index is 0.0777. The van der Waals surface area contributed by atoms with Crippen LogP contribution in [0.1, 0.15) is 18.4 Å². The molecule has 2 N–H and O–H groups in total. The number of carbonyl (C=O) groups excluding carboxylic acids is 2. The van der Waals surface area contributed by atoms with Gasteiger partial charge in [-0.3, -0.25) is 24.6 Å². The zero-order valence-corrected chi connectivity index (χ0v) is 16.0. The lowest BCUT2D eigenvalue weighted by Crippen LogP contribution is -2.41. The number of carbonyl (C=O) groups is 2. The van der Waals surface area contributed by atoms with Gasteiger partial charge in [0.1, 0.15) is 0 Å². The van der Waals surface area contributed by atoms with Gasteiger partial charge in [0.25, 0.3) is 5.69 Å². The molecular weight excluding hydrogens is 372 g/mol. The van der Waals surface area contributed by atoms with Crippen LogP contribution < -0.4 is 10.6 Å². The van der Waals surface area contributed by atoms with E-state index in [1.165, 1.54) is 29.8 Å². The molecule has 1 saturated heterocycles. The van der Waals surface area contributed by atoms with Crippen LogP contribution in [0.15, 0.2) is 54.6 Å². The molecule has 0 atom stereocenters. The van der Waals surface area contributed by atoms with E-state index in [9.17, 15) is 19.7 Å². The summed E-state index contributed by atoms with van der Waals surface area (Å²) in [6.07, 6.45) is 1.94. The summed E-state index contributed by atoms with van der Waals surface area (Å²) in [6.45, 7) is 3.32. The largest absolute Gasteiger partial charge is 0.348 e. The van der Waals surface area contributed by atoms with Crippen molar-refractivity contribution in [2.24, 2.45) is 5.92 Å². The van der Waals surface area contributed by atoms with Gasteiger partial charge in [-0.2, -0.15) is 0 Å². The molecule has 0 aliphatic carbocycles. The van der Waals surface area contributed by atoms with E-state index in [2.05, 4.69) is 27.7 Å². The average molecular weight is 396 g/mol. The van der Waals surface area contributed by atoms with Crippen LogP contribution in [-0.4, -0.2) is 41.3 Å². The molecule has 2 aromatic rings. The predicted octanol–water partition coefficient (Wildman–Crippen LogP) is 2.56. The third-order valence-electron chi connectivity index (χ3n) is 5.05. The number of amides is 2. The molecule has 8 heteroatoms. The molecule has 0 aromatic heterocycles. The standard InChI is InChI=1S/C21H24N4O4/c26-20(21(27)23-18-6-8-19(9-7-18)25(28)29)22-14-16-10-12-24(13-11-16)15-17-4-2-1-3-5-17/h1-9,16H,10-15H2,(H,22,26)(H,23,27). The number of nitrogens with one attached hydrogen (secondary N) is 2. The lowest BCUT2D eigenvalue weighted by molar-refractivity contribution is -0.384. The highest BCUT2D eigenvalue weighted by atomic mass is 16.6. The number of non-ortho nitro benzene ring substituents is 1. The number of hydrogen-bond donors (Lipinski definition) is 2. The van der Waals surface area contributed by atoms with E-state index < -0.39 is 16.7 Å². The Balaban J connectivity index is 1.38. The van der Waals surface area contributed by atoms with Gasteiger partial charge in [0.05, 0.1) is 4.92 Å². The molecule has 1 aliphatic heterocycles. The number of nitrogens with zero attached hydrogens (tertiary/aromatic N) is 2. The first-order valence-electron chi connectivity index (χ1n) is 9.61. The maximum absolute atomic E-state index is 12.0. The first-order valence-corrected chi connectivity index (χ1v) is 9.61. The highest BCUT2D eigenvalue weighted by Gasteiger charge is 2.21. The Bertz CT molecular complexity index is 847. The molecule has 0 bridgehead atoms. The van der Waals surface area contributed by atoms with Gasteiger partial charge < -0.3 is 10.6 Å². The molecule has 1 aliphatic rings. The Hall–Kier alpha value is -3.26. The summed E-state index contributed by atoms with van der Waals surface area (Å²) in [5, 5.41) is 15.8. The van der Waals surface area contributed by atoms with Crippen molar-refractivity contribution in [3.63, 3.8) is 0 Å². The number of hydrogen-bond acceptors (Lipinski definition) is 5. The second-order valence-corrected chi connectivity index (χ2v) is 7.17. The Morgan fingerprint density at radius 3 is 2.28 bits per heavy atom. The number of anilines is 1. The molecule has 152 valence electrons. The SMILES string of the molecule is O=C(NCC1CCN(Cc2ccccc2)CC1)C(=O)Nc1ccc([N+](=O)[O-])cc1. The molecular formula is C21H24N4O4. The van der Waals surface area contributed by atoms with Crippen molar-refractivity contribution in [1.82, 2.24) is 10.2 Å². The molecule has 0 radical (unpaired) electrons. The molecule has 3 rings (SSSR count). The maximum atomic E-state index is 12.0. The van der Waals surface area contributed by atoms with Crippen LogP contribution >= 0.6 is 0 Å². The third-order valence-corrected chi connectivity index (χ3v) is 5.05. The second-order valence-electron chi connectivity index (χ2n) is 7.17. The van der Waals surface area contributed by atoms with Crippen LogP contribution in [0.4, 0.5) is 11.4 Å².